The zero-order chi connectivity index (χ0) is 22.4. The summed E-state index contributed by atoms with van der Waals surface area (Å²) in [5.74, 6) is -0.534. The molecule has 3 rings (SSSR count). The molecule has 7 nitrogen and oxygen atoms in total. The van der Waals surface area contributed by atoms with Crippen molar-refractivity contribution in [3.05, 3.63) is 64.7 Å². The number of rotatable bonds is 6. The van der Waals surface area contributed by atoms with Crippen molar-refractivity contribution in [2.45, 2.75) is 12.8 Å². The van der Waals surface area contributed by atoms with Gasteiger partial charge in [-0.05, 0) is 49.2 Å². The quantitative estimate of drug-likeness (QED) is 0.671. The molecule has 162 valence electrons. The number of methoxy groups -OCH3 is 1. The molecule has 3 N–H and O–H groups in total. The minimum Gasteiger partial charge on any atom is -0.496 e. The van der Waals surface area contributed by atoms with Gasteiger partial charge in [0.15, 0.2) is 0 Å². The van der Waals surface area contributed by atoms with Crippen LogP contribution in [0.1, 0.15) is 28.8 Å². The van der Waals surface area contributed by atoms with Gasteiger partial charge in [0.2, 0.25) is 11.8 Å². The van der Waals surface area contributed by atoms with E-state index in [0.717, 1.165) is 0 Å². The van der Waals surface area contributed by atoms with Crippen LogP contribution in [0.5, 0.6) is 5.75 Å². The standard InChI is InChI=1S/C23H24ClN3O4/c1-31-20-8-7-17(24)14-16(20)6-9-21(28)26-19-5-3-2-4-18(19)23(30)27-12-10-15(11-13-27)22(25)29/h2-9,14-15H,10-13H2,1H3,(H2,25,29)(H,26,28). The Morgan fingerprint density at radius 3 is 2.55 bits per heavy atom. The Kier molecular flexibility index (Phi) is 7.31. The van der Waals surface area contributed by atoms with Gasteiger partial charge in [0.1, 0.15) is 5.75 Å². The third kappa shape index (κ3) is 5.64. The van der Waals surface area contributed by atoms with Crippen LogP contribution in [0, 0.1) is 5.92 Å². The molecule has 0 aliphatic carbocycles. The van der Waals surface area contributed by atoms with Crippen molar-refractivity contribution in [1.29, 1.82) is 0 Å². The second-order valence-electron chi connectivity index (χ2n) is 7.22. The first-order valence-electron chi connectivity index (χ1n) is 9.89. The Hall–Kier alpha value is -3.32. The normalized spacial score (nSPS) is 14.5. The van der Waals surface area contributed by atoms with E-state index in [9.17, 15) is 14.4 Å². The molecule has 1 fully saturated rings. The Labute approximate surface area is 185 Å². The largest absolute Gasteiger partial charge is 0.496 e. The fraction of sp³-hybridized carbons (Fsp3) is 0.261. The number of primary amides is 1. The van der Waals surface area contributed by atoms with Crippen molar-refractivity contribution in [3.8, 4) is 5.75 Å². The number of benzene rings is 2. The molecular weight excluding hydrogens is 418 g/mol. The first-order chi connectivity index (χ1) is 14.9. The zero-order valence-corrected chi connectivity index (χ0v) is 17.9. The van der Waals surface area contributed by atoms with Crippen LogP contribution in [0.15, 0.2) is 48.5 Å². The first-order valence-corrected chi connectivity index (χ1v) is 10.3. The van der Waals surface area contributed by atoms with E-state index in [-0.39, 0.29) is 17.7 Å². The number of para-hydroxylation sites is 1. The lowest BCUT2D eigenvalue weighted by molar-refractivity contribution is -0.123. The number of nitrogens with one attached hydrogen (secondary N) is 1. The Morgan fingerprint density at radius 1 is 1.16 bits per heavy atom. The maximum absolute atomic E-state index is 13.0. The summed E-state index contributed by atoms with van der Waals surface area (Å²) in [5.41, 5.74) is 6.83. The smallest absolute Gasteiger partial charge is 0.255 e. The number of likely N-dealkylation sites (tertiary alicyclic amines) is 1. The highest BCUT2D eigenvalue weighted by Gasteiger charge is 2.27. The van der Waals surface area contributed by atoms with Crippen molar-refractivity contribution in [3.63, 3.8) is 0 Å². The molecule has 1 aliphatic heterocycles. The zero-order valence-electron chi connectivity index (χ0n) is 17.1. The predicted octanol–water partition coefficient (Wildman–Crippen LogP) is 3.34. The highest BCUT2D eigenvalue weighted by molar-refractivity contribution is 6.30. The van der Waals surface area contributed by atoms with Crippen LogP contribution in [-0.2, 0) is 9.59 Å². The molecule has 0 bridgehead atoms. The molecule has 8 heteroatoms. The Balaban J connectivity index is 1.71. The van der Waals surface area contributed by atoms with Crippen LogP contribution >= 0.6 is 11.6 Å². The molecule has 31 heavy (non-hydrogen) atoms. The maximum atomic E-state index is 13.0. The van der Waals surface area contributed by atoms with Gasteiger partial charge in [0.25, 0.3) is 5.91 Å². The second-order valence-corrected chi connectivity index (χ2v) is 7.66. The summed E-state index contributed by atoms with van der Waals surface area (Å²) in [6.07, 6.45) is 4.03. The molecule has 2 aromatic rings. The summed E-state index contributed by atoms with van der Waals surface area (Å²) in [7, 11) is 1.54. The second kappa shape index (κ2) is 10.1. The Bertz CT molecular complexity index is 1010. The fourth-order valence-corrected chi connectivity index (χ4v) is 3.67. The van der Waals surface area contributed by atoms with Crippen LogP contribution in [-0.4, -0.2) is 42.8 Å². The van der Waals surface area contributed by atoms with E-state index in [1.54, 1.807) is 53.4 Å². The number of carbonyl (C=O) groups is 3. The average Bonchev–Trinajstić information content (AvgIpc) is 2.77. The van der Waals surface area contributed by atoms with E-state index in [4.69, 9.17) is 22.1 Å². The third-order valence-corrected chi connectivity index (χ3v) is 5.44. The van der Waals surface area contributed by atoms with Crippen molar-refractivity contribution < 1.29 is 19.1 Å². The minimum absolute atomic E-state index is 0.195. The third-order valence-electron chi connectivity index (χ3n) is 5.21. The van der Waals surface area contributed by atoms with Gasteiger partial charge in [-0.25, -0.2) is 0 Å². The van der Waals surface area contributed by atoms with E-state index >= 15 is 0 Å². The van der Waals surface area contributed by atoms with Crippen LogP contribution in [0.2, 0.25) is 5.02 Å². The lowest BCUT2D eigenvalue weighted by Gasteiger charge is -2.31. The molecule has 1 aliphatic rings. The highest BCUT2D eigenvalue weighted by Crippen LogP contribution is 2.25. The molecule has 0 aromatic heterocycles. The number of carbonyl (C=O) groups excluding carboxylic acids is 3. The van der Waals surface area contributed by atoms with E-state index < -0.39 is 5.91 Å². The number of hydrogen-bond acceptors (Lipinski definition) is 4. The summed E-state index contributed by atoms with van der Waals surface area (Å²) in [4.78, 5) is 38.5. The molecule has 1 saturated heterocycles. The van der Waals surface area contributed by atoms with E-state index in [2.05, 4.69) is 5.32 Å². The fourth-order valence-electron chi connectivity index (χ4n) is 3.49. The van der Waals surface area contributed by atoms with Gasteiger partial charge in [0.05, 0.1) is 18.4 Å². The molecule has 0 unspecified atom stereocenters. The average molecular weight is 442 g/mol. The van der Waals surface area contributed by atoms with Crippen LogP contribution in [0.25, 0.3) is 6.08 Å². The maximum Gasteiger partial charge on any atom is 0.255 e. The van der Waals surface area contributed by atoms with E-state index in [1.807, 2.05) is 0 Å². The number of hydrogen-bond donors (Lipinski definition) is 2. The summed E-state index contributed by atoms with van der Waals surface area (Å²) >= 11 is 6.02. The molecular formula is C23H24ClN3O4. The number of nitrogens with two attached hydrogens (primary N) is 1. The van der Waals surface area contributed by atoms with Gasteiger partial charge < -0.3 is 20.7 Å². The molecule has 2 aromatic carbocycles. The van der Waals surface area contributed by atoms with Crippen LogP contribution in [0.4, 0.5) is 5.69 Å². The summed E-state index contributed by atoms with van der Waals surface area (Å²) in [6, 6.07) is 11.9. The summed E-state index contributed by atoms with van der Waals surface area (Å²) in [6.45, 7) is 0.895. The van der Waals surface area contributed by atoms with E-state index in [0.29, 0.717) is 53.5 Å². The molecule has 1 heterocycles. The lowest BCUT2D eigenvalue weighted by atomic mass is 9.95. The van der Waals surface area contributed by atoms with Crippen LogP contribution in [0.3, 0.4) is 0 Å². The summed E-state index contributed by atoms with van der Waals surface area (Å²) in [5, 5.41) is 3.28. The van der Waals surface area contributed by atoms with Crippen molar-refractivity contribution in [2.24, 2.45) is 11.7 Å². The molecule has 3 amide bonds. The van der Waals surface area contributed by atoms with Crippen molar-refractivity contribution in [1.82, 2.24) is 4.90 Å². The first kappa shape index (κ1) is 22.4. The van der Waals surface area contributed by atoms with Gasteiger partial charge in [-0.1, -0.05) is 23.7 Å². The minimum atomic E-state index is -0.394. The molecule has 0 radical (unpaired) electrons. The van der Waals surface area contributed by atoms with Gasteiger partial charge in [-0.15, -0.1) is 0 Å². The van der Waals surface area contributed by atoms with Crippen molar-refractivity contribution in [2.75, 3.05) is 25.5 Å². The number of nitrogens with zero attached hydrogens (tertiary/aromatic N) is 1. The van der Waals surface area contributed by atoms with E-state index in [1.165, 1.54) is 13.2 Å². The number of halogens is 1. The number of amides is 3. The summed E-state index contributed by atoms with van der Waals surface area (Å²) < 4.78 is 5.27. The SMILES string of the molecule is COc1ccc(Cl)cc1C=CC(=O)Nc1ccccc1C(=O)N1CCC(C(N)=O)CC1. The number of ether oxygens (including phenoxy) is 1. The molecule has 0 spiro atoms. The predicted molar refractivity (Wildman–Crippen MR) is 120 cm³/mol. The van der Waals surface area contributed by atoms with Crippen molar-refractivity contribution >= 4 is 41.1 Å². The topological polar surface area (TPSA) is 102 Å². The van der Waals surface area contributed by atoms with Gasteiger partial charge in [-0.2, -0.15) is 0 Å². The van der Waals surface area contributed by atoms with Gasteiger partial charge in [0, 0.05) is 35.7 Å². The van der Waals surface area contributed by atoms with Gasteiger partial charge in [-0.3, -0.25) is 14.4 Å². The molecule has 0 saturated carbocycles. The number of piperidine rings is 1. The number of anilines is 1. The Morgan fingerprint density at radius 2 is 1.87 bits per heavy atom. The lowest BCUT2D eigenvalue weighted by Crippen LogP contribution is -2.42. The highest BCUT2D eigenvalue weighted by atomic mass is 35.5. The molecule has 0 atom stereocenters. The monoisotopic (exact) mass is 441 g/mol. The van der Waals surface area contributed by atoms with Crippen LogP contribution < -0.4 is 15.8 Å². The van der Waals surface area contributed by atoms with Gasteiger partial charge >= 0.3 is 0 Å².